The normalized spacial score (nSPS) is 20.3. The number of aromatic nitrogens is 1. The lowest BCUT2D eigenvalue weighted by atomic mass is 10.1. The Morgan fingerprint density at radius 3 is 2.87 bits per heavy atom. The SMILES string of the molecule is CN(C)c1cc(CNC(=O)N(CC2CCOC2)C2CC2)ccn1. The van der Waals surface area contributed by atoms with E-state index in [1.54, 1.807) is 6.20 Å². The number of pyridine rings is 1. The van der Waals surface area contributed by atoms with E-state index in [1.807, 2.05) is 36.0 Å². The fraction of sp³-hybridized carbons (Fsp3) is 0.647. The highest BCUT2D eigenvalue weighted by atomic mass is 16.5. The van der Waals surface area contributed by atoms with Gasteiger partial charge in [-0.2, -0.15) is 0 Å². The van der Waals surface area contributed by atoms with Gasteiger partial charge in [0, 0.05) is 51.9 Å². The molecule has 2 heterocycles. The van der Waals surface area contributed by atoms with Gasteiger partial charge in [0.1, 0.15) is 5.82 Å². The largest absolute Gasteiger partial charge is 0.381 e. The van der Waals surface area contributed by atoms with Crippen LogP contribution in [-0.2, 0) is 11.3 Å². The molecule has 1 aromatic heterocycles. The van der Waals surface area contributed by atoms with Gasteiger partial charge in [-0.05, 0) is 37.0 Å². The summed E-state index contributed by atoms with van der Waals surface area (Å²) in [6, 6.07) is 4.42. The van der Waals surface area contributed by atoms with E-state index in [9.17, 15) is 4.79 Å². The van der Waals surface area contributed by atoms with Crippen LogP contribution in [0.15, 0.2) is 18.3 Å². The van der Waals surface area contributed by atoms with Gasteiger partial charge in [-0.15, -0.1) is 0 Å². The van der Waals surface area contributed by atoms with Crippen molar-refractivity contribution in [1.29, 1.82) is 0 Å². The molecule has 23 heavy (non-hydrogen) atoms. The highest BCUT2D eigenvalue weighted by Crippen LogP contribution is 2.29. The Morgan fingerprint density at radius 2 is 2.22 bits per heavy atom. The summed E-state index contributed by atoms with van der Waals surface area (Å²) >= 11 is 0. The Kier molecular flexibility index (Phi) is 5.00. The molecule has 2 fully saturated rings. The number of nitrogens with one attached hydrogen (secondary N) is 1. The van der Waals surface area contributed by atoms with Crippen LogP contribution in [0, 0.1) is 5.92 Å². The first kappa shape index (κ1) is 16.1. The number of nitrogens with zero attached hydrogens (tertiary/aromatic N) is 3. The highest BCUT2D eigenvalue weighted by Gasteiger charge is 2.34. The van der Waals surface area contributed by atoms with E-state index in [4.69, 9.17) is 4.74 Å². The number of urea groups is 1. The third kappa shape index (κ3) is 4.34. The van der Waals surface area contributed by atoms with Crippen LogP contribution in [0.2, 0.25) is 0 Å². The van der Waals surface area contributed by atoms with E-state index in [0.717, 1.165) is 50.4 Å². The monoisotopic (exact) mass is 318 g/mol. The molecule has 1 atom stereocenters. The number of carbonyl (C=O) groups is 1. The van der Waals surface area contributed by atoms with Crippen LogP contribution in [0.25, 0.3) is 0 Å². The van der Waals surface area contributed by atoms with Crippen molar-refractivity contribution in [3.8, 4) is 0 Å². The van der Waals surface area contributed by atoms with E-state index in [2.05, 4.69) is 10.3 Å². The molecule has 0 radical (unpaired) electrons. The van der Waals surface area contributed by atoms with Gasteiger partial charge in [0.25, 0.3) is 0 Å². The Bertz CT molecular complexity index is 539. The second kappa shape index (κ2) is 7.17. The summed E-state index contributed by atoms with van der Waals surface area (Å²) in [6.45, 7) is 2.96. The zero-order chi connectivity index (χ0) is 16.2. The van der Waals surface area contributed by atoms with Crippen molar-refractivity contribution in [2.24, 2.45) is 5.92 Å². The summed E-state index contributed by atoms with van der Waals surface area (Å²) in [5, 5.41) is 3.06. The first-order valence-electron chi connectivity index (χ1n) is 8.38. The van der Waals surface area contributed by atoms with Crippen LogP contribution in [0.4, 0.5) is 10.6 Å². The Balaban J connectivity index is 1.55. The zero-order valence-corrected chi connectivity index (χ0v) is 14.0. The molecule has 3 rings (SSSR count). The van der Waals surface area contributed by atoms with Crippen molar-refractivity contribution in [3.63, 3.8) is 0 Å². The number of hydrogen-bond acceptors (Lipinski definition) is 4. The van der Waals surface area contributed by atoms with Crippen LogP contribution in [0.1, 0.15) is 24.8 Å². The predicted octanol–water partition coefficient (Wildman–Crippen LogP) is 1.86. The first-order chi connectivity index (χ1) is 11.1. The van der Waals surface area contributed by atoms with E-state index in [-0.39, 0.29) is 6.03 Å². The van der Waals surface area contributed by atoms with Crippen LogP contribution < -0.4 is 10.2 Å². The maximum absolute atomic E-state index is 12.6. The molecule has 1 unspecified atom stereocenters. The Labute approximate surface area is 137 Å². The van der Waals surface area contributed by atoms with Crippen LogP contribution >= 0.6 is 0 Å². The summed E-state index contributed by atoms with van der Waals surface area (Å²) < 4.78 is 5.43. The number of anilines is 1. The molecule has 126 valence electrons. The summed E-state index contributed by atoms with van der Waals surface area (Å²) in [5.74, 6) is 1.39. The molecule has 6 heteroatoms. The molecule has 2 aliphatic rings. The number of ether oxygens (including phenoxy) is 1. The lowest BCUT2D eigenvalue weighted by molar-refractivity contribution is 0.162. The number of hydrogen-bond donors (Lipinski definition) is 1. The summed E-state index contributed by atoms with van der Waals surface area (Å²) in [6.07, 6.45) is 5.10. The van der Waals surface area contributed by atoms with Gasteiger partial charge in [-0.25, -0.2) is 9.78 Å². The second-order valence-corrected chi connectivity index (χ2v) is 6.69. The molecular weight excluding hydrogens is 292 g/mol. The Hall–Kier alpha value is -1.82. The van der Waals surface area contributed by atoms with Crippen molar-refractivity contribution in [2.75, 3.05) is 38.8 Å². The van der Waals surface area contributed by atoms with Crippen molar-refractivity contribution in [3.05, 3.63) is 23.9 Å². The maximum Gasteiger partial charge on any atom is 0.317 e. The quantitative estimate of drug-likeness (QED) is 0.870. The van der Waals surface area contributed by atoms with E-state index in [1.165, 1.54) is 0 Å². The van der Waals surface area contributed by atoms with E-state index < -0.39 is 0 Å². The number of rotatable bonds is 6. The molecule has 0 spiro atoms. The lowest BCUT2D eigenvalue weighted by Crippen LogP contribution is -2.43. The van der Waals surface area contributed by atoms with Gasteiger partial charge in [0.15, 0.2) is 0 Å². The van der Waals surface area contributed by atoms with E-state index >= 15 is 0 Å². The van der Waals surface area contributed by atoms with Gasteiger partial charge < -0.3 is 19.9 Å². The summed E-state index contributed by atoms with van der Waals surface area (Å²) in [4.78, 5) is 20.8. The van der Waals surface area contributed by atoms with Crippen molar-refractivity contribution in [2.45, 2.75) is 31.8 Å². The fourth-order valence-electron chi connectivity index (χ4n) is 2.88. The molecule has 1 aliphatic carbocycles. The molecule has 0 aromatic carbocycles. The average Bonchev–Trinajstić information content (AvgIpc) is 3.26. The lowest BCUT2D eigenvalue weighted by Gasteiger charge is -2.25. The van der Waals surface area contributed by atoms with Crippen molar-refractivity contribution >= 4 is 11.8 Å². The van der Waals surface area contributed by atoms with Crippen LogP contribution in [0.3, 0.4) is 0 Å². The standard InChI is InChI=1S/C17H26N4O2/c1-20(2)16-9-13(5-7-18-16)10-19-17(22)21(15-3-4-15)11-14-6-8-23-12-14/h5,7,9,14-15H,3-4,6,8,10-12H2,1-2H3,(H,19,22). The molecule has 6 nitrogen and oxygen atoms in total. The van der Waals surface area contributed by atoms with Crippen LogP contribution in [0.5, 0.6) is 0 Å². The zero-order valence-electron chi connectivity index (χ0n) is 14.0. The molecular formula is C17H26N4O2. The van der Waals surface area contributed by atoms with Crippen LogP contribution in [-0.4, -0.2) is 55.8 Å². The van der Waals surface area contributed by atoms with Crippen molar-refractivity contribution in [1.82, 2.24) is 15.2 Å². The summed E-state index contributed by atoms with van der Waals surface area (Å²) in [7, 11) is 3.92. The molecule has 1 N–H and O–H groups in total. The number of amides is 2. The second-order valence-electron chi connectivity index (χ2n) is 6.69. The third-order valence-electron chi connectivity index (χ3n) is 4.44. The van der Waals surface area contributed by atoms with Gasteiger partial charge in [-0.3, -0.25) is 0 Å². The van der Waals surface area contributed by atoms with Crippen molar-refractivity contribution < 1.29 is 9.53 Å². The maximum atomic E-state index is 12.6. The molecule has 1 aliphatic heterocycles. The molecule has 1 saturated carbocycles. The molecule has 1 aromatic rings. The van der Waals surface area contributed by atoms with Gasteiger partial charge in [0.05, 0.1) is 6.61 Å². The summed E-state index contributed by atoms with van der Waals surface area (Å²) in [5.41, 5.74) is 1.07. The molecule has 0 bridgehead atoms. The van der Waals surface area contributed by atoms with Gasteiger partial charge in [-0.1, -0.05) is 0 Å². The van der Waals surface area contributed by atoms with Gasteiger partial charge in [0.2, 0.25) is 0 Å². The number of carbonyl (C=O) groups excluding carboxylic acids is 1. The van der Waals surface area contributed by atoms with E-state index in [0.29, 0.717) is 18.5 Å². The highest BCUT2D eigenvalue weighted by molar-refractivity contribution is 5.75. The first-order valence-corrected chi connectivity index (χ1v) is 8.38. The predicted molar refractivity (Wildman–Crippen MR) is 89.5 cm³/mol. The topological polar surface area (TPSA) is 57.7 Å². The smallest absolute Gasteiger partial charge is 0.317 e. The molecule has 2 amide bonds. The minimum atomic E-state index is 0.0441. The molecule has 1 saturated heterocycles. The minimum Gasteiger partial charge on any atom is -0.381 e. The minimum absolute atomic E-state index is 0.0441. The average molecular weight is 318 g/mol. The fourth-order valence-corrected chi connectivity index (χ4v) is 2.88. The Morgan fingerprint density at radius 1 is 1.39 bits per heavy atom. The third-order valence-corrected chi connectivity index (χ3v) is 4.44. The van der Waals surface area contributed by atoms with Gasteiger partial charge >= 0.3 is 6.03 Å².